The van der Waals surface area contributed by atoms with E-state index < -0.39 is 12.1 Å². The van der Waals surface area contributed by atoms with Gasteiger partial charge in [-0.2, -0.15) is 5.10 Å². The summed E-state index contributed by atoms with van der Waals surface area (Å²) in [6.07, 6.45) is -0.189. The fraction of sp³-hybridized carbons (Fsp3) is 0.304. The van der Waals surface area contributed by atoms with Crippen LogP contribution in [0.2, 0.25) is 0 Å². The molecule has 6 nitrogen and oxygen atoms in total. The third kappa shape index (κ3) is 3.81. The van der Waals surface area contributed by atoms with Crippen LogP contribution in [-0.4, -0.2) is 44.8 Å². The van der Waals surface area contributed by atoms with Gasteiger partial charge in [-0.1, -0.05) is 60.7 Å². The highest BCUT2D eigenvalue weighted by atomic mass is 16.3. The number of carbonyl (C=O) groups is 1. The number of carbonyl (C=O) groups excluding carboxylic acids is 1. The Labute approximate surface area is 170 Å². The lowest BCUT2D eigenvalue weighted by Gasteiger charge is -2.31. The van der Waals surface area contributed by atoms with Crippen molar-refractivity contribution in [1.29, 1.82) is 0 Å². The molecular formula is C23H26N4O2. The number of aliphatic hydroxyl groups is 1. The Morgan fingerprint density at radius 2 is 1.69 bits per heavy atom. The van der Waals surface area contributed by atoms with E-state index in [0.717, 1.165) is 28.1 Å². The first-order chi connectivity index (χ1) is 14.1. The van der Waals surface area contributed by atoms with E-state index in [0.29, 0.717) is 19.5 Å². The van der Waals surface area contributed by atoms with Gasteiger partial charge >= 0.3 is 0 Å². The topological polar surface area (TPSA) is 95.2 Å². The molecule has 2 heterocycles. The first kappa shape index (κ1) is 19.4. The summed E-state index contributed by atoms with van der Waals surface area (Å²) in [6.45, 7) is 2.55. The van der Waals surface area contributed by atoms with Crippen LogP contribution < -0.4 is 5.73 Å². The maximum absolute atomic E-state index is 12.7. The Bertz CT molecular complexity index is 930. The molecule has 0 aliphatic carbocycles. The van der Waals surface area contributed by atoms with Gasteiger partial charge < -0.3 is 15.7 Å². The summed E-state index contributed by atoms with van der Waals surface area (Å²) < 4.78 is 0. The third-order valence-corrected chi connectivity index (χ3v) is 5.62. The minimum Gasteiger partial charge on any atom is -0.391 e. The Morgan fingerprint density at radius 1 is 1.10 bits per heavy atom. The molecule has 0 radical (unpaired) electrons. The van der Waals surface area contributed by atoms with E-state index in [1.54, 1.807) is 11.8 Å². The number of H-pyrrole nitrogens is 1. The molecule has 0 spiro atoms. The number of rotatable bonds is 5. The van der Waals surface area contributed by atoms with Crippen LogP contribution in [0.15, 0.2) is 60.7 Å². The summed E-state index contributed by atoms with van der Waals surface area (Å²) in [5.41, 5.74) is 11.2. The summed E-state index contributed by atoms with van der Waals surface area (Å²) in [6, 6.07) is 19.6. The van der Waals surface area contributed by atoms with Gasteiger partial charge in [-0.25, -0.2) is 0 Å². The lowest BCUT2D eigenvalue weighted by Crippen LogP contribution is -2.50. The summed E-state index contributed by atoms with van der Waals surface area (Å²) in [4.78, 5) is 14.4. The van der Waals surface area contributed by atoms with Crippen molar-refractivity contribution in [2.45, 2.75) is 38.0 Å². The Hall–Kier alpha value is -2.96. The van der Waals surface area contributed by atoms with E-state index in [2.05, 4.69) is 34.5 Å². The average Bonchev–Trinajstić information content (AvgIpc) is 3.17. The quantitative estimate of drug-likeness (QED) is 0.622. The molecule has 2 unspecified atom stereocenters. The molecule has 2 atom stereocenters. The fourth-order valence-electron chi connectivity index (χ4n) is 3.96. The molecule has 29 heavy (non-hydrogen) atoms. The minimum absolute atomic E-state index is 0.0297. The lowest BCUT2D eigenvalue weighted by molar-refractivity contribution is -0.135. The van der Waals surface area contributed by atoms with Crippen LogP contribution in [0.4, 0.5) is 0 Å². The van der Waals surface area contributed by atoms with Crippen LogP contribution in [0.1, 0.15) is 40.9 Å². The molecule has 0 fully saturated rings. The van der Waals surface area contributed by atoms with Gasteiger partial charge in [0.2, 0.25) is 5.91 Å². The molecule has 3 aromatic rings. The number of aromatic nitrogens is 2. The highest BCUT2D eigenvalue weighted by Crippen LogP contribution is 2.35. The molecule has 4 N–H and O–H groups in total. The van der Waals surface area contributed by atoms with E-state index >= 15 is 0 Å². The van der Waals surface area contributed by atoms with Crippen LogP contribution in [0, 0.1) is 0 Å². The number of hydrogen-bond donors (Lipinski definition) is 3. The Morgan fingerprint density at radius 3 is 2.24 bits per heavy atom. The van der Waals surface area contributed by atoms with Crippen molar-refractivity contribution in [3.8, 4) is 0 Å². The van der Waals surface area contributed by atoms with Gasteiger partial charge in [-0.3, -0.25) is 9.89 Å². The number of nitrogens with one attached hydrogen (secondary N) is 1. The van der Waals surface area contributed by atoms with Gasteiger partial charge in [-0.05, 0) is 18.1 Å². The van der Waals surface area contributed by atoms with Crippen molar-refractivity contribution in [3.05, 3.63) is 88.7 Å². The van der Waals surface area contributed by atoms with Gasteiger partial charge in [0, 0.05) is 30.8 Å². The number of nitrogens with two attached hydrogens (primary N) is 1. The average molecular weight is 390 g/mol. The van der Waals surface area contributed by atoms with E-state index in [9.17, 15) is 9.90 Å². The number of hydrogen-bond acceptors (Lipinski definition) is 4. The van der Waals surface area contributed by atoms with Crippen molar-refractivity contribution < 1.29 is 9.90 Å². The second-order valence-electron chi connectivity index (χ2n) is 7.60. The molecule has 1 amide bonds. The minimum atomic E-state index is -0.911. The van der Waals surface area contributed by atoms with Gasteiger partial charge in [0.15, 0.2) is 0 Å². The molecule has 1 aromatic heterocycles. The van der Waals surface area contributed by atoms with Crippen molar-refractivity contribution in [1.82, 2.24) is 15.1 Å². The zero-order chi connectivity index (χ0) is 20.4. The van der Waals surface area contributed by atoms with E-state index in [1.807, 2.05) is 36.4 Å². The SMILES string of the molecule is CC(O)C(N)C(=O)N1CCc2[nH]nc(C(c3ccccc3)c3ccccc3)c2C1. The summed E-state index contributed by atoms with van der Waals surface area (Å²) >= 11 is 0. The molecule has 0 saturated heterocycles. The molecule has 4 rings (SSSR count). The molecule has 0 bridgehead atoms. The maximum atomic E-state index is 12.7. The number of nitrogens with zero attached hydrogens (tertiary/aromatic N) is 2. The Kier molecular flexibility index (Phi) is 5.47. The molecule has 2 aromatic carbocycles. The molecular weight excluding hydrogens is 364 g/mol. The van der Waals surface area contributed by atoms with Crippen LogP contribution in [-0.2, 0) is 17.8 Å². The van der Waals surface area contributed by atoms with E-state index in [-0.39, 0.29) is 11.8 Å². The van der Waals surface area contributed by atoms with Gasteiger partial charge in [0.05, 0.1) is 17.7 Å². The predicted molar refractivity (Wildman–Crippen MR) is 111 cm³/mol. The van der Waals surface area contributed by atoms with Gasteiger partial charge in [-0.15, -0.1) is 0 Å². The predicted octanol–water partition coefficient (Wildman–Crippen LogP) is 2.18. The van der Waals surface area contributed by atoms with Crippen molar-refractivity contribution in [2.24, 2.45) is 5.73 Å². The summed E-state index contributed by atoms with van der Waals surface area (Å²) in [5.74, 6) is -0.258. The van der Waals surface area contributed by atoms with E-state index in [4.69, 9.17) is 5.73 Å². The maximum Gasteiger partial charge on any atom is 0.242 e. The third-order valence-electron chi connectivity index (χ3n) is 5.62. The van der Waals surface area contributed by atoms with Gasteiger partial charge in [0.25, 0.3) is 0 Å². The number of aliphatic hydroxyl groups excluding tert-OH is 1. The largest absolute Gasteiger partial charge is 0.391 e. The fourth-order valence-corrected chi connectivity index (χ4v) is 3.96. The zero-order valence-electron chi connectivity index (χ0n) is 16.5. The molecule has 1 aliphatic heterocycles. The smallest absolute Gasteiger partial charge is 0.242 e. The second kappa shape index (κ2) is 8.19. The first-order valence-corrected chi connectivity index (χ1v) is 9.94. The first-order valence-electron chi connectivity index (χ1n) is 9.94. The molecule has 6 heteroatoms. The molecule has 150 valence electrons. The van der Waals surface area contributed by atoms with Crippen molar-refractivity contribution in [3.63, 3.8) is 0 Å². The Balaban J connectivity index is 1.72. The highest BCUT2D eigenvalue weighted by molar-refractivity contribution is 5.82. The highest BCUT2D eigenvalue weighted by Gasteiger charge is 2.32. The monoisotopic (exact) mass is 390 g/mol. The zero-order valence-corrected chi connectivity index (χ0v) is 16.5. The van der Waals surface area contributed by atoms with Gasteiger partial charge in [0.1, 0.15) is 6.04 Å². The normalized spacial score (nSPS) is 15.8. The van der Waals surface area contributed by atoms with Crippen LogP contribution in [0.5, 0.6) is 0 Å². The second-order valence-corrected chi connectivity index (χ2v) is 7.60. The molecule has 0 saturated carbocycles. The number of aromatic amines is 1. The number of benzene rings is 2. The van der Waals surface area contributed by atoms with Crippen molar-refractivity contribution >= 4 is 5.91 Å². The van der Waals surface area contributed by atoms with Crippen LogP contribution >= 0.6 is 0 Å². The summed E-state index contributed by atoms with van der Waals surface area (Å²) in [5, 5.41) is 17.6. The van der Waals surface area contributed by atoms with Crippen LogP contribution in [0.25, 0.3) is 0 Å². The number of amides is 1. The molecule has 1 aliphatic rings. The van der Waals surface area contributed by atoms with Crippen LogP contribution in [0.3, 0.4) is 0 Å². The summed E-state index contributed by atoms with van der Waals surface area (Å²) in [7, 11) is 0. The standard InChI is InChI=1S/C23H26N4O2/c1-15(28)21(24)23(29)27-13-12-19-18(14-27)22(26-25-19)20(16-8-4-2-5-9-16)17-10-6-3-7-11-17/h2-11,15,20-21,28H,12-14,24H2,1H3,(H,25,26). The lowest BCUT2D eigenvalue weighted by atomic mass is 9.85. The van der Waals surface area contributed by atoms with Crippen molar-refractivity contribution in [2.75, 3.05) is 6.54 Å². The number of fused-ring (bicyclic) bond motifs is 1. The van der Waals surface area contributed by atoms with E-state index in [1.165, 1.54) is 0 Å².